The Labute approximate surface area is 144 Å². The Morgan fingerprint density at radius 3 is 2.80 bits per heavy atom. The molecule has 0 spiro atoms. The van der Waals surface area contributed by atoms with Crippen LogP contribution in [-0.2, 0) is 11.8 Å². The number of halogens is 1. The third-order valence-corrected chi connectivity index (χ3v) is 4.10. The van der Waals surface area contributed by atoms with E-state index in [0.29, 0.717) is 24.6 Å². The monoisotopic (exact) mass is 346 g/mol. The highest BCUT2D eigenvalue weighted by molar-refractivity contribution is 5.97. The van der Waals surface area contributed by atoms with Crippen molar-refractivity contribution in [2.45, 2.75) is 13.0 Å². The van der Waals surface area contributed by atoms with E-state index in [-0.39, 0.29) is 24.5 Å². The number of aromatic nitrogens is 3. The van der Waals surface area contributed by atoms with Crippen LogP contribution in [0.25, 0.3) is 0 Å². The van der Waals surface area contributed by atoms with Gasteiger partial charge in [0.25, 0.3) is 0 Å². The number of amides is 3. The number of anilines is 1. The number of benzene rings is 1. The fraction of sp³-hybridized carbons (Fsp3) is 0.375. The molecule has 1 N–H and O–H groups in total. The van der Waals surface area contributed by atoms with Gasteiger partial charge in [-0.05, 0) is 25.1 Å². The van der Waals surface area contributed by atoms with Crippen molar-refractivity contribution in [3.05, 3.63) is 42.2 Å². The largest absolute Gasteiger partial charge is 0.328 e. The number of carbonyl (C=O) groups is 2. The average molecular weight is 346 g/mol. The first-order valence-electron chi connectivity index (χ1n) is 7.91. The lowest BCUT2D eigenvalue weighted by atomic mass is 10.2. The Bertz CT molecular complexity index is 792. The van der Waals surface area contributed by atoms with E-state index in [2.05, 4.69) is 15.5 Å². The number of carbonyl (C=O) groups excluding carboxylic acids is 2. The molecule has 1 saturated heterocycles. The van der Waals surface area contributed by atoms with Gasteiger partial charge in [-0.2, -0.15) is 0 Å². The molecule has 0 bridgehead atoms. The lowest BCUT2D eigenvalue weighted by Crippen LogP contribution is -2.55. The van der Waals surface area contributed by atoms with Gasteiger partial charge in [-0.15, -0.1) is 10.2 Å². The molecule has 3 rings (SSSR count). The molecule has 1 aliphatic rings. The summed E-state index contributed by atoms with van der Waals surface area (Å²) in [5.74, 6) is -0.0284. The molecule has 3 amide bonds. The molecular formula is C16H19FN6O2. The summed E-state index contributed by atoms with van der Waals surface area (Å²) in [4.78, 5) is 27.6. The van der Waals surface area contributed by atoms with E-state index in [1.165, 1.54) is 21.9 Å². The van der Waals surface area contributed by atoms with Crippen molar-refractivity contribution in [3.63, 3.8) is 0 Å². The summed E-state index contributed by atoms with van der Waals surface area (Å²) in [6, 6.07) is 5.18. The highest BCUT2D eigenvalue weighted by Crippen LogP contribution is 2.18. The average Bonchev–Trinajstić information content (AvgIpc) is 3.00. The topological polar surface area (TPSA) is 83.4 Å². The summed E-state index contributed by atoms with van der Waals surface area (Å²) in [5.41, 5.74) is 0.498. The minimum atomic E-state index is -0.400. The molecule has 1 fully saturated rings. The van der Waals surface area contributed by atoms with Gasteiger partial charge in [0.2, 0.25) is 5.91 Å². The fourth-order valence-corrected chi connectivity index (χ4v) is 2.79. The highest BCUT2D eigenvalue weighted by Gasteiger charge is 2.29. The molecule has 9 heteroatoms. The SMILES string of the molecule is CC(NC(=O)N1CCN(c2cccc(F)c2)C(=O)C1)c1nncn1C. The second kappa shape index (κ2) is 6.88. The number of piperazine rings is 1. The Balaban J connectivity index is 1.61. The molecule has 0 radical (unpaired) electrons. The van der Waals surface area contributed by atoms with Crippen molar-refractivity contribution in [2.75, 3.05) is 24.5 Å². The van der Waals surface area contributed by atoms with Crippen molar-refractivity contribution in [1.82, 2.24) is 25.0 Å². The van der Waals surface area contributed by atoms with Crippen LogP contribution in [0.3, 0.4) is 0 Å². The number of urea groups is 1. The van der Waals surface area contributed by atoms with Gasteiger partial charge in [-0.3, -0.25) is 4.79 Å². The van der Waals surface area contributed by atoms with E-state index in [1.807, 2.05) is 0 Å². The van der Waals surface area contributed by atoms with Crippen molar-refractivity contribution in [1.29, 1.82) is 0 Å². The number of hydrogen-bond acceptors (Lipinski definition) is 4. The summed E-state index contributed by atoms with van der Waals surface area (Å²) in [6.45, 7) is 2.41. The number of hydrogen-bond donors (Lipinski definition) is 1. The molecule has 8 nitrogen and oxygen atoms in total. The van der Waals surface area contributed by atoms with Crippen LogP contribution in [0.1, 0.15) is 18.8 Å². The summed E-state index contributed by atoms with van der Waals surface area (Å²) in [6.07, 6.45) is 1.55. The second-order valence-electron chi connectivity index (χ2n) is 5.92. The Morgan fingerprint density at radius 2 is 2.16 bits per heavy atom. The van der Waals surface area contributed by atoms with Crippen molar-refractivity contribution in [3.8, 4) is 0 Å². The third-order valence-electron chi connectivity index (χ3n) is 4.10. The van der Waals surface area contributed by atoms with Crippen LogP contribution < -0.4 is 10.2 Å². The standard InChI is InChI=1S/C16H19FN6O2/c1-11(15-20-18-10-21(15)2)19-16(25)22-6-7-23(14(24)9-22)13-5-3-4-12(17)8-13/h3-5,8,10-11H,6-7,9H2,1-2H3,(H,19,25). The summed E-state index contributed by atoms with van der Waals surface area (Å²) in [7, 11) is 1.79. The molecule has 0 saturated carbocycles. The maximum atomic E-state index is 13.3. The zero-order valence-electron chi connectivity index (χ0n) is 14.0. The molecule has 1 unspecified atom stereocenters. The fourth-order valence-electron chi connectivity index (χ4n) is 2.79. The molecule has 2 aromatic rings. The van der Waals surface area contributed by atoms with Crippen LogP contribution in [0.4, 0.5) is 14.9 Å². The van der Waals surface area contributed by atoms with Gasteiger partial charge in [0.15, 0.2) is 5.82 Å². The normalized spacial score (nSPS) is 16.0. The third kappa shape index (κ3) is 3.59. The molecule has 1 atom stereocenters. The van der Waals surface area contributed by atoms with Gasteiger partial charge in [-0.1, -0.05) is 6.07 Å². The quantitative estimate of drug-likeness (QED) is 0.901. The maximum Gasteiger partial charge on any atom is 0.318 e. The Morgan fingerprint density at radius 1 is 1.36 bits per heavy atom. The van der Waals surface area contributed by atoms with Crippen LogP contribution in [-0.4, -0.2) is 51.2 Å². The molecular weight excluding hydrogens is 327 g/mol. The lowest BCUT2D eigenvalue weighted by Gasteiger charge is -2.34. The molecule has 1 aromatic heterocycles. The first-order valence-corrected chi connectivity index (χ1v) is 7.91. The molecule has 2 heterocycles. The van der Waals surface area contributed by atoms with E-state index in [9.17, 15) is 14.0 Å². The smallest absolute Gasteiger partial charge is 0.318 e. The van der Waals surface area contributed by atoms with E-state index in [1.54, 1.807) is 37.0 Å². The number of nitrogens with zero attached hydrogens (tertiary/aromatic N) is 5. The van der Waals surface area contributed by atoms with Crippen molar-refractivity contribution >= 4 is 17.6 Å². The predicted molar refractivity (Wildman–Crippen MR) is 88.3 cm³/mol. The molecule has 1 aromatic carbocycles. The lowest BCUT2D eigenvalue weighted by molar-refractivity contribution is -0.120. The van der Waals surface area contributed by atoms with Crippen LogP contribution in [0, 0.1) is 5.82 Å². The number of rotatable bonds is 3. The van der Waals surface area contributed by atoms with Gasteiger partial charge >= 0.3 is 6.03 Å². The van der Waals surface area contributed by atoms with Crippen molar-refractivity contribution in [2.24, 2.45) is 7.05 Å². The molecule has 0 aliphatic carbocycles. The first-order chi connectivity index (χ1) is 12.0. The predicted octanol–water partition coefficient (Wildman–Crippen LogP) is 1.07. The van der Waals surface area contributed by atoms with Gasteiger partial charge < -0.3 is 19.7 Å². The summed E-state index contributed by atoms with van der Waals surface area (Å²) in [5, 5.41) is 10.5. The maximum absolute atomic E-state index is 13.3. The van der Waals surface area contributed by atoms with Gasteiger partial charge in [0.1, 0.15) is 18.7 Å². The number of aryl methyl sites for hydroxylation is 1. The summed E-state index contributed by atoms with van der Waals surface area (Å²) >= 11 is 0. The first kappa shape index (κ1) is 16.9. The van der Waals surface area contributed by atoms with E-state index in [0.717, 1.165) is 0 Å². The zero-order valence-corrected chi connectivity index (χ0v) is 14.0. The van der Waals surface area contributed by atoms with Crippen molar-refractivity contribution < 1.29 is 14.0 Å². The molecule has 1 aliphatic heterocycles. The van der Waals surface area contributed by atoms with Gasteiger partial charge in [-0.25, -0.2) is 9.18 Å². The van der Waals surface area contributed by atoms with E-state index >= 15 is 0 Å². The van der Waals surface area contributed by atoms with Gasteiger partial charge in [0.05, 0.1) is 6.04 Å². The van der Waals surface area contributed by atoms with Crippen LogP contribution in [0.2, 0.25) is 0 Å². The Kier molecular flexibility index (Phi) is 4.64. The molecule has 132 valence electrons. The Hall–Kier alpha value is -2.97. The van der Waals surface area contributed by atoms with E-state index in [4.69, 9.17) is 0 Å². The molecule has 25 heavy (non-hydrogen) atoms. The van der Waals surface area contributed by atoms with Gasteiger partial charge in [0, 0.05) is 25.8 Å². The summed E-state index contributed by atoms with van der Waals surface area (Å²) < 4.78 is 15.1. The van der Waals surface area contributed by atoms with Crippen LogP contribution in [0.15, 0.2) is 30.6 Å². The van der Waals surface area contributed by atoms with Crippen LogP contribution >= 0.6 is 0 Å². The zero-order chi connectivity index (χ0) is 18.0. The minimum Gasteiger partial charge on any atom is -0.328 e. The number of nitrogens with one attached hydrogen (secondary N) is 1. The minimum absolute atomic E-state index is 0.0616. The van der Waals surface area contributed by atoms with Crippen LogP contribution in [0.5, 0.6) is 0 Å². The van der Waals surface area contributed by atoms with E-state index < -0.39 is 5.82 Å². The highest BCUT2D eigenvalue weighted by atomic mass is 19.1. The second-order valence-corrected chi connectivity index (χ2v) is 5.92.